The molecular weight excluding hydrogens is 338 g/mol. The van der Waals surface area contributed by atoms with E-state index in [0.29, 0.717) is 12.1 Å². The minimum absolute atomic E-state index is 0.266. The van der Waals surface area contributed by atoms with E-state index in [0.717, 1.165) is 5.56 Å². The number of nitrogens with one attached hydrogen (secondary N) is 2. The van der Waals surface area contributed by atoms with Crippen LogP contribution in [0.1, 0.15) is 18.9 Å². The van der Waals surface area contributed by atoms with Crippen molar-refractivity contribution in [3.8, 4) is 0 Å². The van der Waals surface area contributed by atoms with Crippen molar-refractivity contribution in [2.45, 2.75) is 31.6 Å². The number of oxime groups is 1. The first-order valence-electron chi connectivity index (χ1n) is 8.30. The Morgan fingerprint density at radius 1 is 1.35 bits per heavy atom. The van der Waals surface area contributed by atoms with Crippen molar-refractivity contribution in [3.05, 3.63) is 47.7 Å². The molecule has 0 radical (unpaired) electrons. The Kier molecular flexibility index (Phi) is 5.22. The molecule has 3 rings (SSSR count). The Morgan fingerprint density at radius 2 is 2.08 bits per heavy atom. The first-order valence-corrected chi connectivity index (χ1v) is 8.30. The molecule has 26 heavy (non-hydrogen) atoms. The molecule has 1 aliphatic carbocycles. The number of hydrogen-bond acceptors (Lipinski definition) is 6. The van der Waals surface area contributed by atoms with Crippen LogP contribution in [0.4, 0.5) is 4.79 Å². The smallest absolute Gasteiger partial charge is 0.321 e. The average Bonchev–Trinajstić information content (AvgIpc) is 3.18. The molecular formula is C18H21N3O5. The highest BCUT2D eigenvalue weighted by molar-refractivity contribution is 6.05. The molecule has 0 saturated heterocycles. The molecule has 8 nitrogen and oxygen atoms in total. The fraction of sp³-hybridized carbons (Fsp3) is 0.389. The van der Waals surface area contributed by atoms with Crippen LogP contribution in [0.25, 0.3) is 0 Å². The fourth-order valence-electron chi connectivity index (χ4n) is 3.31. The molecule has 3 N–H and O–H groups in total. The fourth-order valence-corrected chi connectivity index (χ4v) is 3.31. The third-order valence-corrected chi connectivity index (χ3v) is 4.52. The summed E-state index contributed by atoms with van der Waals surface area (Å²) in [6.07, 6.45) is 0.306. The summed E-state index contributed by atoms with van der Waals surface area (Å²) in [5.74, 6) is -0.845. The number of methoxy groups -OCH3 is 1. The van der Waals surface area contributed by atoms with E-state index in [9.17, 15) is 14.7 Å². The summed E-state index contributed by atoms with van der Waals surface area (Å²) < 4.78 is 4.75. The van der Waals surface area contributed by atoms with Crippen LogP contribution in [-0.4, -0.2) is 48.1 Å². The van der Waals surface area contributed by atoms with Gasteiger partial charge in [0, 0.05) is 11.6 Å². The molecule has 0 bridgehead atoms. The van der Waals surface area contributed by atoms with E-state index in [1.807, 2.05) is 30.3 Å². The highest BCUT2D eigenvalue weighted by Crippen LogP contribution is 2.36. The lowest BCUT2D eigenvalue weighted by atomic mass is 9.91. The number of carbonyl (C=O) groups is 2. The minimum atomic E-state index is -0.749. The van der Waals surface area contributed by atoms with Crippen molar-refractivity contribution in [3.63, 3.8) is 0 Å². The maximum atomic E-state index is 12.2. The van der Waals surface area contributed by atoms with E-state index in [-0.39, 0.29) is 11.5 Å². The molecule has 0 aromatic heterocycles. The van der Waals surface area contributed by atoms with Crippen LogP contribution < -0.4 is 10.6 Å². The number of benzene rings is 1. The summed E-state index contributed by atoms with van der Waals surface area (Å²) in [4.78, 5) is 29.5. The van der Waals surface area contributed by atoms with Gasteiger partial charge in [0.1, 0.15) is 0 Å². The number of amides is 3. The number of rotatable bonds is 4. The summed E-state index contributed by atoms with van der Waals surface area (Å²) in [5, 5.41) is 19.3. The normalized spacial score (nSPS) is 27.2. The van der Waals surface area contributed by atoms with Crippen molar-refractivity contribution in [2.75, 3.05) is 7.11 Å². The summed E-state index contributed by atoms with van der Waals surface area (Å²) in [5.41, 5.74) is 1.82. The van der Waals surface area contributed by atoms with E-state index in [2.05, 4.69) is 15.8 Å². The van der Waals surface area contributed by atoms with Gasteiger partial charge in [0.15, 0.2) is 6.10 Å². The van der Waals surface area contributed by atoms with Crippen LogP contribution in [0.3, 0.4) is 0 Å². The van der Waals surface area contributed by atoms with Gasteiger partial charge in [0.25, 0.3) is 5.91 Å². The van der Waals surface area contributed by atoms with Gasteiger partial charge in [0.05, 0.1) is 31.1 Å². The lowest BCUT2D eigenvalue weighted by Crippen LogP contribution is -2.48. The summed E-state index contributed by atoms with van der Waals surface area (Å²) in [6.45, 7) is 1.53. The maximum Gasteiger partial charge on any atom is 0.321 e. The van der Waals surface area contributed by atoms with Crippen LogP contribution in [0.2, 0.25) is 0 Å². The van der Waals surface area contributed by atoms with Gasteiger partial charge in [-0.15, -0.1) is 0 Å². The molecule has 1 heterocycles. The van der Waals surface area contributed by atoms with E-state index < -0.39 is 30.2 Å². The first-order chi connectivity index (χ1) is 12.5. The third-order valence-electron chi connectivity index (χ3n) is 4.52. The van der Waals surface area contributed by atoms with Gasteiger partial charge in [-0.3, -0.25) is 10.1 Å². The summed E-state index contributed by atoms with van der Waals surface area (Å²) in [7, 11) is 1.42. The van der Waals surface area contributed by atoms with Gasteiger partial charge in [-0.25, -0.2) is 4.79 Å². The molecule has 0 spiro atoms. The van der Waals surface area contributed by atoms with Crippen molar-refractivity contribution in [1.29, 1.82) is 0 Å². The van der Waals surface area contributed by atoms with Gasteiger partial charge in [-0.05, 0) is 18.9 Å². The van der Waals surface area contributed by atoms with Crippen LogP contribution in [0, 0.1) is 5.92 Å². The van der Waals surface area contributed by atoms with Gasteiger partial charge in [-0.1, -0.05) is 35.5 Å². The molecule has 4 atom stereocenters. The van der Waals surface area contributed by atoms with Crippen molar-refractivity contribution in [2.24, 2.45) is 11.1 Å². The summed E-state index contributed by atoms with van der Waals surface area (Å²) in [6, 6.07) is 8.41. The zero-order chi connectivity index (χ0) is 18.7. The van der Waals surface area contributed by atoms with E-state index in [1.54, 1.807) is 0 Å². The largest absolute Gasteiger partial charge is 0.504 e. The predicted octanol–water partition coefficient (Wildman–Crippen LogP) is 0.915. The lowest BCUT2D eigenvalue weighted by Gasteiger charge is -2.20. The second kappa shape index (κ2) is 7.57. The van der Waals surface area contributed by atoms with Gasteiger partial charge < -0.3 is 20.0 Å². The quantitative estimate of drug-likeness (QED) is 0.547. The van der Waals surface area contributed by atoms with Crippen LogP contribution in [0.5, 0.6) is 0 Å². The standard InChI is InChI=1S/C18H21N3O5/c1-10(9-25-2)17(23)20-18(24)19-12-8-13(22)16-14(12)15(21-26-16)11-6-4-3-5-7-11/h3-7,9,12-14,16,22H,8H2,1-2H3,(H2,19,20,23,24)/b10-9+/t12-,13+,14-,16-/m1/s1. The van der Waals surface area contributed by atoms with Gasteiger partial charge >= 0.3 is 6.03 Å². The average molecular weight is 359 g/mol. The molecule has 2 aliphatic rings. The Hall–Kier alpha value is -2.87. The number of aliphatic hydroxyl groups excluding tert-OH is 1. The van der Waals surface area contributed by atoms with Crippen LogP contribution in [-0.2, 0) is 14.4 Å². The number of carbonyl (C=O) groups excluding carboxylic acids is 2. The Labute approximate surface area is 150 Å². The zero-order valence-corrected chi connectivity index (χ0v) is 14.5. The minimum Gasteiger partial charge on any atom is -0.504 e. The zero-order valence-electron chi connectivity index (χ0n) is 14.5. The van der Waals surface area contributed by atoms with Gasteiger partial charge in [0.2, 0.25) is 0 Å². The van der Waals surface area contributed by atoms with E-state index >= 15 is 0 Å². The number of aliphatic hydroxyl groups is 1. The second-order valence-electron chi connectivity index (χ2n) is 6.31. The number of fused-ring (bicyclic) bond motifs is 1. The second-order valence-corrected chi connectivity index (χ2v) is 6.31. The van der Waals surface area contributed by atoms with E-state index in [1.165, 1.54) is 20.3 Å². The van der Waals surface area contributed by atoms with Crippen LogP contribution >= 0.6 is 0 Å². The predicted molar refractivity (Wildman–Crippen MR) is 93.2 cm³/mol. The highest BCUT2D eigenvalue weighted by atomic mass is 16.7. The molecule has 1 aromatic rings. The Balaban J connectivity index is 1.70. The van der Waals surface area contributed by atoms with Crippen LogP contribution in [0.15, 0.2) is 47.3 Å². The number of urea groups is 1. The SMILES string of the molecule is CO/C=C(\C)C(=O)NC(=O)N[C@@H]1C[C@H](O)[C@H]2ON=C(c3ccccc3)[C@H]21. The highest BCUT2D eigenvalue weighted by Gasteiger charge is 2.51. The molecule has 1 aromatic carbocycles. The topological polar surface area (TPSA) is 109 Å². The van der Waals surface area contributed by atoms with Crippen molar-refractivity contribution in [1.82, 2.24) is 10.6 Å². The molecule has 0 unspecified atom stereocenters. The maximum absolute atomic E-state index is 12.2. The molecule has 1 aliphatic heterocycles. The lowest BCUT2D eigenvalue weighted by molar-refractivity contribution is -0.116. The monoisotopic (exact) mass is 359 g/mol. The Bertz CT molecular complexity index is 746. The molecule has 8 heteroatoms. The molecule has 138 valence electrons. The Morgan fingerprint density at radius 3 is 2.77 bits per heavy atom. The molecule has 3 amide bonds. The van der Waals surface area contributed by atoms with Gasteiger partial charge in [-0.2, -0.15) is 0 Å². The molecule has 1 fully saturated rings. The first kappa shape index (κ1) is 17.9. The van der Waals surface area contributed by atoms with E-state index in [4.69, 9.17) is 9.57 Å². The van der Waals surface area contributed by atoms with Crippen molar-refractivity contribution < 1.29 is 24.3 Å². The third kappa shape index (κ3) is 3.55. The number of hydrogen-bond donors (Lipinski definition) is 3. The summed E-state index contributed by atoms with van der Waals surface area (Å²) >= 11 is 0. The number of imide groups is 1. The van der Waals surface area contributed by atoms with Crippen molar-refractivity contribution >= 4 is 17.6 Å². The molecule has 1 saturated carbocycles. The number of ether oxygens (including phenoxy) is 1. The number of nitrogens with zero attached hydrogens (tertiary/aromatic N) is 1.